The van der Waals surface area contributed by atoms with E-state index in [1.807, 2.05) is 66.4 Å². The van der Waals surface area contributed by atoms with Crippen LogP contribution in [0.4, 0.5) is 0 Å². The number of carboxylic acid groups (broad SMARTS) is 1. The van der Waals surface area contributed by atoms with E-state index in [1.165, 1.54) is 11.8 Å². The van der Waals surface area contributed by atoms with Crippen LogP contribution in [0.15, 0.2) is 59.0 Å². The van der Waals surface area contributed by atoms with Crippen LogP contribution < -0.4 is 4.74 Å². The molecule has 2 heterocycles. The third-order valence-electron chi connectivity index (χ3n) is 4.80. The van der Waals surface area contributed by atoms with Gasteiger partial charge < -0.3 is 14.3 Å². The molecule has 4 rings (SSSR count). The Balaban J connectivity index is 1.36. The van der Waals surface area contributed by atoms with E-state index >= 15 is 0 Å². The molecule has 2 aromatic carbocycles. The summed E-state index contributed by atoms with van der Waals surface area (Å²) < 4.78 is 11.6. The van der Waals surface area contributed by atoms with E-state index in [1.54, 1.807) is 0 Å². The first-order chi connectivity index (χ1) is 14.1. The monoisotopic (exact) mass is 410 g/mol. The van der Waals surface area contributed by atoms with Crippen molar-refractivity contribution < 1.29 is 19.1 Å². The molecule has 1 unspecified atom stereocenters. The van der Waals surface area contributed by atoms with Gasteiger partial charge in [-0.3, -0.25) is 4.90 Å². The van der Waals surface area contributed by atoms with Crippen molar-refractivity contribution in [1.29, 1.82) is 0 Å². The number of aromatic nitrogens is 1. The van der Waals surface area contributed by atoms with Gasteiger partial charge in [0.2, 0.25) is 5.89 Å². The number of hydrogen-bond acceptors (Lipinski definition) is 6. The summed E-state index contributed by atoms with van der Waals surface area (Å²) in [4.78, 5) is 17.8. The average molecular weight is 410 g/mol. The third-order valence-corrected chi connectivity index (χ3v) is 6.03. The molecule has 0 bridgehead atoms. The number of hydrogen-bond donors (Lipinski definition) is 1. The van der Waals surface area contributed by atoms with Gasteiger partial charge in [-0.1, -0.05) is 30.3 Å². The van der Waals surface area contributed by atoms with Crippen molar-refractivity contribution in [1.82, 2.24) is 9.88 Å². The molecule has 3 aromatic rings. The number of oxazole rings is 1. The van der Waals surface area contributed by atoms with Crippen LogP contribution in [0.3, 0.4) is 0 Å². The SMILES string of the molecule is Cc1oc(-c2ccccc2)nc1COc1ccc(CN2CCSC2C(=O)O)cc1. The van der Waals surface area contributed by atoms with Crippen molar-refractivity contribution in [2.75, 3.05) is 12.3 Å². The number of carbonyl (C=O) groups is 1. The molecule has 0 spiro atoms. The van der Waals surface area contributed by atoms with Crippen molar-refractivity contribution in [3.63, 3.8) is 0 Å². The normalized spacial score (nSPS) is 16.8. The van der Waals surface area contributed by atoms with Gasteiger partial charge in [-0.15, -0.1) is 11.8 Å². The maximum absolute atomic E-state index is 11.3. The fraction of sp³-hybridized carbons (Fsp3) is 0.273. The van der Waals surface area contributed by atoms with Gasteiger partial charge >= 0.3 is 5.97 Å². The highest BCUT2D eigenvalue weighted by Crippen LogP contribution is 2.26. The number of aryl methyl sites for hydroxylation is 1. The van der Waals surface area contributed by atoms with E-state index in [0.717, 1.165) is 40.6 Å². The molecule has 1 fully saturated rings. The Kier molecular flexibility index (Phi) is 5.87. The van der Waals surface area contributed by atoms with E-state index in [-0.39, 0.29) is 0 Å². The van der Waals surface area contributed by atoms with Gasteiger partial charge in [0.15, 0.2) is 5.37 Å². The van der Waals surface area contributed by atoms with Gasteiger partial charge in [-0.25, -0.2) is 9.78 Å². The maximum Gasteiger partial charge on any atom is 0.331 e. The van der Waals surface area contributed by atoms with Crippen molar-refractivity contribution >= 4 is 17.7 Å². The molecule has 1 aliphatic heterocycles. The molecule has 29 heavy (non-hydrogen) atoms. The second kappa shape index (κ2) is 8.71. The van der Waals surface area contributed by atoms with Gasteiger partial charge in [-0.05, 0) is 36.8 Å². The number of ether oxygens (including phenoxy) is 1. The predicted molar refractivity (Wildman–Crippen MR) is 112 cm³/mol. The van der Waals surface area contributed by atoms with E-state index in [4.69, 9.17) is 9.15 Å². The summed E-state index contributed by atoms with van der Waals surface area (Å²) in [6, 6.07) is 17.5. The second-order valence-corrected chi connectivity index (χ2v) is 8.04. The first kappa shape index (κ1) is 19.5. The minimum Gasteiger partial charge on any atom is -0.487 e. The summed E-state index contributed by atoms with van der Waals surface area (Å²) in [5.41, 5.74) is 2.77. The summed E-state index contributed by atoms with van der Waals surface area (Å²) in [6.07, 6.45) is 0. The van der Waals surface area contributed by atoms with Crippen LogP contribution in [0.1, 0.15) is 17.0 Å². The lowest BCUT2D eigenvalue weighted by Gasteiger charge is -2.20. The smallest absolute Gasteiger partial charge is 0.331 e. The molecule has 7 heteroatoms. The lowest BCUT2D eigenvalue weighted by Crippen LogP contribution is -2.33. The zero-order valence-corrected chi connectivity index (χ0v) is 16.9. The van der Waals surface area contributed by atoms with Gasteiger partial charge in [0, 0.05) is 24.4 Å². The Labute approximate surface area is 173 Å². The van der Waals surface area contributed by atoms with Crippen molar-refractivity contribution in [2.24, 2.45) is 0 Å². The molecule has 1 aromatic heterocycles. The molecule has 0 aliphatic carbocycles. The van der Waals surface area contributed by atoms with Gasteiger partial charge in [0.1, 0.15) is 23.8 Å². The van der Waals surface area contributed by atoms with E-state index in [0.29, 0.717) is 19.0 Å². The molecular weight excluding hydrogens is 388 g/mol. The number of nitrogens with zero attached hydrogens (tertiary/aromatic N) is 2. The summed E-state index contributed by atoms with van der Waals surface area (Å²) in [6.45, 7) is 3.61. The Morgan fingerprint density at radius 1 is 1.24 bits per heavy atom. The first-order valence-corrected chi connectivity index (χ1v) is 10.5. The highest BCUT2D eigenvalue weighted by Gasteiger charge is 2.30. The molecule has 1 atom stereocenters. The fourth-order valence-electron chi connectivity index (χ4n) is 3.24. The molecule has 6 nitrogen and oxygen atoms in total. The Morgan fingerprint density at radius 2 is 2.00 bits per heavy atom. The predicted octanol–water partition coefficient (Wildman–Crippen LogP) is 4.19. The molecule has 1 saturated heterocycles. The lowest BCUT2D eigenvalue weighted by molar-refractivity contribution is -0.139. The zero-order chi connectivity index (χ0) is 20.2. The summed E-state index contributed by atoms with van der Waals surface area (Å²) in [5.74, 6) is 2.15. The highest BCUT2D eigenvalue weighted by molar-refractivity contribution is 8.00. The van der Waals surface area contributed by atoms with Gasteiger partial charge in [0.05, 0.1) is 0 Å². The third kappa shape index (κ3) is 4.63. The van der Waals surface area contributed by atoms with Crippen LogP contribution in [-0.4, -0.2) is 38.6 Å². The largest absolute Gasteiger partial charge is 0.487 e. The summed E-state index contributed by atoms with van der Waals surface area (Å²) in [7, 11) is 0. The molecule has 0 amide bonds. The van der Waals surface area contributed by atoms with Crippen LogP contribution in [0, 0.1) is 6.92 Å². The van der Waals surface area contributed by atoms with Gasteiger partial charge in [-0.2, -0.15) is 0 Å². The fourth-order valence-corrected chi connectivity index (χ4v) is 4.33. The number of aliphatic carboxylic acids is 1. The molecular formula is C22H22N2O4S. The van der Waals surface area contributed by atoms with Crippen LogP contribution in [0.25, 0.3) is 11.5 Å². The van der Waals surface area contributed by atoms with Crippen molar-refractivity contribution in [3.8, 4) is 17.2 Å². The van der Waals surface area contributed by atoms with Crippen LogP contribution in [-0.2, 0) is 17.9 Å². The topological polar surface area (TPSA) is 75.8 Å². The van der Waals surface area contributed by atoms with Crippen molar-refractivity contribution in [3.05, 3.63) is 71.6 Å². The minimum absolute atomic E-state index is 0.325. The van der Waals surface area contributed by atoms with Crippen LogP contribution >= 0.6 is 11.8 Å². The number of benzene rings is 2. The minimum atomic E-state index is -0.773. The van der Waals surface area contributed by atoms with E-state index in [9.17, 15) is 9.90 Å². The second-order valence-electron chi connectivity index (χ2n) is 6.85. The number of carboxylic acids is 1. The number of rotatable bonds is 7. The first-order valence-electron chi connectivity index (χ1n) is 9.42. The van der Waals surface area contributed by atoms with Crippen LogP contribution in [0.5, 0.6) is 5.75 Å². The van der Waals surface area contributed by atoms with E-state index < -0.39 is 11.3 Å². The molecule has 0 saturated carbocycles. The van der Waals surface area contributed by atoms with Crippen LogP contribution in [0.2, 0.25) is 0 Å². The molecule has 150 valence electrons. The quantitative estimate of drug-likeness (QED) is 0.626. The highest BCUT2D eigenvalue weighted by atomic mass is 32.2. The standard InChI is InChI=1S/C22H22N2O4S/c1-15-19(23-20(28-15)17-5-3-2-4-6-17)14-27-18-9-7-16(8-10-18)13-24-11-12-29-21(24)22(25)26/h2-10,21H,11-14H2,1H3,(H,25,26). The summed E-state index contributed by atoms with van der Waals surface area (Å²) in [5, 5.41) is 8.83. The summed E-state index contributed by atoms with van der Waals surface area (Å²) >= 11 is 1.47. The zero-order valence-electron chi connectivity index (χ0n) is 16.1. The Bertz CT molecular complexity index is 972. The maximum atomic E-state index is 11.3. The molecule has 0 radical (unpaired) electrons. The van der Waals surface area contributed by atoms with E-state index in [2.05, 4.69) is 4.98 Å². The van der Waals surface area contributed by atoms with Crippen molar-refractivity contribution in [2.45, 2.75) is 25.4 Å². The molecule has 1 aliphatic rings. The lowest BCUT2D eigenvalue weighted by atomic mass is 10.2. The Hall–Kier alpha value is -2.77. The average Bonchev–Trinajstić information content (AvgIpc) is 3.35. The number of thioether (sulfide) groups is 1. The Morgan fingerprint density at radius 3 is 2.72 bits per heavy atom. The van der Waals surface area contributed by atoms with Gasteiger partial charge in [0.25, 0.3) is 0 Å². The molecule has 1 N–H and O–H groups in total.